The Morgan fingerprint density at radius 3 is 2.17 bits per heavy atom. The molecule has 1 amide bonds. The van der Waals surface area contributed by atoms with Crippen molar-refractivity contribution in [3.05, 3.63) is 0 Å². The van der Waals surface area contributed by atoms with E-state index in [1.54, 1.807) is 0 Å². The molecule has 0 bridgehead atoms. The average Bonchev–Trinajstić information content (AvgIpc) is 2.77. The molecule has 70 valence electrons. The van der Waals surface area contributed by atoms with Gasteiger partial charge < -0.3 is 11.1 Å². The van der Waals surface area contributed by atoms with Gasteiger partial charge in [-0.3, -0.25) is 4.79 Å². The van der Waals surface area contributed by atoms with E-state index in [0.29, 0.717) is 17.9 Å². The molecule has 3 N–H and O–H groups in total. The van der Waals surface area contributed by atoms with Crippen molar-refractivity contribution in [2.45, 2.75) is 32.7 Å². The Bertz CT molecular complexity index is 160. The van der Waals surface area contributed by atoms with E-state index in [0.717, 1.165) is 12.8 Å². The molecule has 0 aromatic rings. The van der Waals surface area contributed by atoms with Gasteiger partial charge in [0.25, 0.3) is 0 Å². The summed E-state index contributed by atoms with van der Waals surface area (Å²) in [6, 6.07) is 0.413. The zero-order valence-electron chi connectivity index (χ0n) is 7.84. The minimum Gasteiger partial charge on any atom is -0.352 e. The largest absolute Gasteiger partial charge is 0.352 e. The predicted octanol–water partition coefficient (Wildman–Crippen LogP) is 0.496. The zero-order chi connectivity index (χ0) is 9.14. The van der Waals surface area contributed by atoms with Crippen LogP contribution in [0, 0.1) is 11.8 Å². The second kappa shape index (κ2) is 3.90. The highest BCUT2D eigenvalue weighted by atomic mass is 16.1. The molecular weight excluding hydrogens is 152 g/mol. The lowest BCUT2D eigenvalue weighted by atomic mass is 10.2. The number of rotatable bonds is 4. The lowest BCUT2D eigenvalue weighted by Crippen LogP contribution is -2.33. The quantitative estimate of drug-likeness (QED) is 0.645. The fourth-order valence-electron chi connectivity index (χ4n) is 2.02. The molecule has 2 unspecified atom stereocenters. The molecule has 12 heavy (non-hydrogen) atoms. The molecule has 0 radical (unpaired) electrons. The predicted molar refractivity (Wildman–Crippen MR) is 48.5 cm³/mol. The van der Waals surface area contributed by atoms with Crippen LogP contribution in [0.3, 0.4) is 0 Å². The van der Waals surface area contributed by atoms with Gasteiger partial charge in [0.05, 0.1) is 6.54 Å². The van der Waals surface area contributed by atoms with Gasteiger partial charge in [0.15, 0.2) is 0 Å². The first kappa shape index (κ1) is 9.52. The first-order valence-electron chi connectivity index (χ1n) is 4.74. The van der Waals surface area contributed by atoms with Crippen LogP contribution in [0.25, 0.3) is 0 Å². The number of hydrogen-bond donors (Lipinski definition) is 2. The Kier molecular flexibility index (Phi) is 3.09. The molecule has 1 saturated carbocycles. The maximum atomic E-state index is 10.9. The molecule has 0 heterocycles. The monoisotopic (exact) mass is 170 g/mol. The third-order valence-corrected chi connectivity index (χ3v) is 2.79. The topological polar surface area (TPSA) is 55.1 Å². The maximum absolute atomic E-state index is 10.9. The van der Waals surface area contributed by atoms with Crippen molar-refractivity contribution in [1.29, 1.82) is 0 Å². The van der Waals surface area contributed by atoms with Crippen molar-refractivity contribution in [2.75, 3.05) is 6.54 Å². The van der Waals surface area contributed by atoms with Gasteiger partial charge in [-0.05, 0) is 11.8 Å². The molecule has 0 aromatic heterocycles. The highest BCUT2D eigenvalue weighted by molar-refractivity contribution is 5.78. The van der Waals surface area contributed by atoms with Crippen LogP contribution in [0.4, 0.5) is 0 Å². The molecule has 1 rings (SSSR count). The van der Waals surface area contributed by atoms with Crippen molar-refractivity contribution in [3.8, 4) is 0 Å². The van der Waals surface area contributed by atoms with Crippen LogP contribution >= 0.6 is 0 Å². The molecule has 1 aliphatic rings. The standard InChI is InChI=1S/C9H18N2O/c1-3-6-7(4-2)9(6)11-8(12)5-10/h6-7,9H,3-5,10H2,1-2H3,(H,11,12). The van der Waals surface area contributed by atoms with Crippen molar-refractivity contribution in [3.63, 3.8) is 0 Å². The molecule has 0 aromatic carbocycles. The number of nitrogens with two attached hydrogens (primary N) is 1. The second-order valence-corrected chi connectivity index (χ2v) is 3.44. The van der Waals surface area contributed by atoms with Crippen molar-refractivity contribution < 1.29 is 4.79 Å². The third kappa shape index (κ3) is 1.78. The summed E-state index contributed by atoms with van der Waals surface area (Å²) in [6.45, 7) is 4.45. The molecular formula is C9H18N2O. The summed E-state index contributed by atoms with van der Waals surface area (Å²) in [5.74, 6) is 1.38. The summed E-state index contributed by atoms with van der Waals surface area (Å²) in [7, 11) is 0. The van der Waals surface area contributed by atoms with Crippen LogP contribution in [0.5, 0.6) is 0 Å². The number of hydrogen-bond acceptors (Lipinski definition) is 2. The lowest BCUT2D eigenvalue weighted by Gasteiger charge is -2.00. The summed E-state index contributed by atoms with van der Waals surface area (Å²) in [4.78, 5) is 10.9. The van der Waals surface area contributed by atoms with Crippen LogP contribution in [0.15, 0.2) is 0 Å². The first-order valence-corrected chi connectivity index (χ1v) is 4.74. The first-order chi connectivity index (χ1) is 5.74. The van der Waals surface area contributed by atoms with Crippen molar-refractivity contribution in [1.82, 2.24) is 5.32 Å². The molecule has 2 atom stereocenters. The van der Waals surface area contributed by atoms with Crippen LogP contribution in [0.1, 0.15) is 26.7 Å². The van der Waals surface area contributed by atoms with Crippen LogP contribution in [0.2, 0.25) is 0 Å². The fraction of sp³-hybridized carbons (Fsp3) is 0.889. The summed E-state index contributed by atoms with van der Waals surface area (Å²) in [5, 5.41) is 2.94. The van der Waals surface area contributed by atoms with Crippen molar-refractivity contribution >= 4 is 5.91 Å². The van der Waals surface area contributed by atoms with Gasteiger partial charge in [-0.15, -0.1) is 0 Å². The molecule has 1 aliphatic carbocycles. The van der Waals surface area contributed by atoms with Gasteiger partial charge in [0.2, 0.25) is 5.91 Å². The minimum absolute atomic E-state index is 0.0191. The zero-order valence-corrected chi connectivity index (χ0v) is 7.84. The van der Waals surface area contributed by atoms with E-state index in [1.807, 2.05) is 0 Å². The van der Waals surface area contributed by atoms with Crippen LogP contribution in [-0.4, -0.2) is 18.5 Å². The Balaban J connectivity index is 2.31. The molecule has 0 saturated heterocycles. The number of carbonyl (C=O) groups is 1. The van der Waals surface area contributed by atoms with Crippen LogP contribution in [-0.2, 0) is 4.79 Å². The van der Waals surface area contributed by atoms with Gasteiger partial charge in [-0.1, -0.05) is 26.7 Å². The van der Waals surface area contributed by atoms with E-state index in [4.69, 9.17) is 5.73 Å². The summed E-state index contributed by atoms with van der Waals surface area (Å²) >= 11 is 0. The Hall–Kier alpha value is -0.570. The second-order valence-electron chi connectivity index (χ2n) is 3.44. The summed E-state index contributed by atoms with van der Waals surface area (Å²) < 4.78 is 0. The maximum Gasteiger partial charge on any atom is 0.233 e. The van der Waals surface area contributed by atoms with E-state index in [2.05, 4.69) is 19.2 Å². The number of nitrogens with one attached hydrogen (secondary N) is 1. The Morgan fingerprint density at radius 1 is 1.33 bits per heavy atom. The Labute approximate surface area is 73.7 Å². The third-order valence-electron chi connectivity index (χ3n) is 2.79. The van der Waals surface area contributed by atoms with Crippen molar-refractivity contribution in [2.24, 2.45) is 17.6 Å². The SMILES string of the molecule is CCC1C(CC)C1NC(=O)CN. The minimum atomic E-state index is -0.0191. The molecule has 0 aliphatic heterocycles. The van der Waals surface area contributed by atoms with E-state index in [1.165, 1.54) is 0 Å². The van der Waals surface area contributed by atoms with Gasteiger partial charge in [0, 0.05) is 6.04 Å². The van der Waals surface area contributed by atoms with Crippen LogP contribution < -0.4 is 11.1 Å². The average molecular weight is 170 g/mol. The Morgan fingerprint density at radius 2 is 1.83 bits per heavy atom. The van der Waals surface area contributed by atoms with Gasteiger partial charge in [-0.25, -0.2) is 0 Å². The molecule has 3 heteroatoms. The molecule has 0 spiro atoms. The molecule has 1 fully saturated rings. The normalized spacial score (nSPS) is 33.1. The highest BCUT2D eigenvalue weighted by Crippen LogP contribution is 2.43. The smallest absolute Gasteiger partial charge is 0.233 e. The fourth-order valence-corrected chi connectivity index (χ4v) is 2.02. The molecule has 3 nitrogen and oxygen atoms in total. The summed E-state index contributed by atoms with van der Waals surface area (Å²) in [5.41, 5.74) is 5.21. The van der Waals surface area contributed by atoms with E-state index in [9.17, 15) is 4.79 Å². The number of amides is 1. The number of carbonyl (C=O) groups excluding carboxylic acids is 1. The highest BCUT2D eigenvalue weighted by Gasteiger charge is 2.47. The van der Waals surface area contributed by atoms with E-state index < -0.39 is 0 Å². The van der Waals surface area contributed by atoms with E-state index >= 15 is 0 Å². The van der Waals surface area contributed by atoms with E-state index in [-0.39, 0.29) is 12.5 Å². The van der Waals surface area contributed by atoms with Gasteiger partial charge in [0.1, 0.15) is 0 Å². The van der Waals surface area contributed by atoms with Gasteiger partial charge >= 0.3 is 0 Å². The summed E-state index contributed by atoms with van der Waals surface area (Å²) in [6.07, 6.45) is 2.32. The lowest BCUT2D eigenvalue weighted by molar-refractivity contribution is -0.120. The van der Waals surface area contributed by atoms with Gasteiger partial charge in [-0.2, -0.15) is 0 Å².